The Bertz CT molecular complexity index is 204. The van der Waals surface area contributed by atoms with Crippen LogP contribution in [0.15, 0.2) is 25.3 Å². The quantitative estimate of drug-likeness (QED) is 0.575. The van der Waals surface area contributed by atoms with Gasteiger partial charge >= 0.3 is 5.97 Å². The molecule has 15 heavy (non-hydrogen) atoms. The number of hydrogen-bond donors (Lipinski definition) is 2. The van der Waals surface area contributed by atoms with Crippen molar-refractivity contribution in [1.29, 1.82) is 0 Å². The van der Waals surface area contributed by atoms with E-state index in [4.69, 9.17) is 5.11 Å². The Labute approximate surface area is 91.9 Å². The summed E-state index contributed by atoms with van der Waals surface area (Å²) in [4.78, 5) is 10.8. The molecular formula is C12H21NO2. The average molecular weight is 211 g/mol. The number of aliphatic carboxylic acids is 1. The van der Waals surface area contributed by atoms with Crippen LogP contribution in [-0.4, -0.2) is 23.7 Å². The van der Waals surface area contributed by atoms with Gasteiger partial charge in [0.15, 0.2) is 0 Å². The van der Waals surface area contributed by atoms with E-state index >= 15 is 0 Å². The molecule has 1 atom stereocenters. The molecule has 2 N–H and O–H groups in total. The standard InChI is InChI=1S/C12H21NO2/c1-4-7-11(8-5-2)13-9-10(6-3)12(14)15/h4-5,10-11,13H,1-2,6-9H2,3H3,(H,14,15). The molecule has 0 aromatic carbocycles. The van der Waals surface area contributed by atoms with Crippen molar-refractivity contribution in [3.05, 3.63) is 25.3 Å². The van der Waals surface area contributed by atoms with Crippen LogP contribution in [-0.2, 0) is 4.79 Å². The zero-order chi connectivity index (χ0) is 11.7. The highest BCUT2D eigenvalue weighted by atomic mass is 16.4. The molecule has 3 nitrogen and oxygen atoms in total. The minimum Gasteiger partial charge on any atom is -0.481 e. The summed E-state index contributed by atoms with van der Waals surface area (Å²) in [6, 6.07) is 0.258. The molecule has 0 fully saturated rings. The van der Waals surface area contributed by atoms with Gasteiger partial charge in [-0.3, -0.25) is 4.79 Å². The molecule has 0 aliphatic carbocycles. The average Bonchev–Trinajstić information content (AvgIpc) is 2.18. The summed E-state index contributed by atoms with van der Waals surface area (Å²) in [7, 11) is 0. The minimum absolute atomic E-state index is 0.258. The molecule has 0 bridgehead atoms. The van der Waals surface area contributed by atoms with Crippen molar-refractivity contribution in [2.75, 3.05) is 6.54 Å². The van der Waals surface area contributed by atoms with Crippen molar-refractivity contribution in [3.63, 3.8) is 0 Å². The maximum absolute atomic E-state index is 10.8. The van der Waals surface area contributed by atoms with Crippen LogP contribution in [0.1, 0.15) is 26.2 Å². The van der Waals surface area contributed by atoms with Gasteiger partial charge in [0, 0.05) is 12.6 Å². The normalized spacial score (nSPS) is 12.4. The first kappa shape index (κ1) is 13.9. The Morgan fingerprint density at radius 1 is 1.40 bits per heavy atom. The molecule has 1 unspecified atom stereocenters. The molecular weight excluding hydrogens is 190 g/mol. The molecule has 86 valence electrons. The second kappa shape index (κ2) is 8.24. The Balaban J connectivity index is 3.99. The summed E-state index contributed by atoms with van der Waals surface area (Å²) < 4.78 is 0. The maximum atomic E-state index is 10.8. The van der Waals surface area contributed by atoms with E-state index in [0.29, 0.717) is 13.0 Å². The Morgan fingerprint density at radius 3 is 2.27 bits per heavy atom. The first-order valence-corrected chi connectivity index (χ1v) is 5.33. The highest BCUT2D eigenvalue weighted by Gasteiger charge is 2.15. The SMILES string of the molecule is C=CCC(CC=C)NCC(CC)C(=O)O. The zero-order valence-electron chi connectivity index (χ0n) is 9.41. The third-order valence-electron chi connectivity index (χ3n) is 2.40. The van der Waals surface area contributed by atoms with Gasteiger partial charge in [0.2, 0.25) is 0 Å². The lowest BCUT2D eigenvalue weighted by Crippen LogP contribution is -2.35. The van der Waals surface area contributed by atoms with Gasteiger partial charge in [-0.1, -0.05) is 19.1 Å². The molecule has 0 rings (SSSR count). The van der Waals surface area contributed by atoms with E-state index in [9.17, 15) is 4.79 Å². The van der Waals surface area contributed by atoms with Crippen LogP contribution in [0.5, 0.6) is 0 Å². The van der Waals surface area contributed by atoms with Gasteiger partial charge in [-0.15, -0.1) is 13.2 Å². The number of nitrogens with one attached hydrogen (secondary N) is 1. The number of carboxylic acid groups (broad SMARTS) is 1. The lowest BCUT2D eigenvalue weighted by Gasteiger charge is -2.18. The van der Waals surface area contributed by atoms with Crippen LogP contribution in [0.4, 0.5) is 0 Å². The number of carboxylic acids is 1. The fourth-order valence-electron chi connectivity index (χ4n) is 1.38. The smallest absolute Gasteiger partial charge is 0.307 e. The van der Waals surface area contributed by atoms with Crippen molar-refractivity contribution in [2.24, 2.45) is 5.92 Å². The molecule has 0 saturated heterocycles. The molecule has 0 saturated carbocycles. The van der Waals surface area contributed by atoms with Crippen molar-refractivity contribution >= 4 is 5.97 Å². The second-order valence-corrected chi connectivity index (χ2v) is 3.60. The molecule has 0 spiro atoms. The summed E-state index contributed by atoms with van der Waals surface area (Å²) in [5.41, 5.74) is 0. The molecule has 0 radical (unpaired) electrons. The number of hydrogen-bond acceptors (Lipinski definition) is 2. The summed E-state index contributed by atoms with van der Waals surface area (Å²) in [6.45, 7) is 9.75. The molecule has 0 amide bonds. The second-order valence-electron chi connectivity index (χ2n) is 3.60. The van der Waals surface area contributed by atoms with Gasteiger partial charge in [-0.05, 0) is 19.3 Å². The molecule has 3 heteroatoms. The molecule has 0 heterocycles. The highest BCUT2D eigenvalue weighted by Crippen LogP contribution is 2.04. The van der Waals surface area contributed by atoms with Crippen LogP contribution >= 0.6 is 0 Å². The summed E-state index contributed by atoms with van der Waals surface area (Å²) in [6.07, 6.45) is 5.99. The number of rotatable bonds is 9. The van der Waals surface area contributed by atoms with Gasteiger partial charge < -0.3 is 10.4 Å². The predicted octanol–water partition coefficient (Wildman–Crippen LogP) is 2.21. The van der Waals surface area contributed by atoms with Crippen molar-refractivity contribution in [2.45, 2.75) is 32.2 Å². The van der Waals surface area contributed by atoms with Gasteiger partial charge in [-0.2, -0.15) is 0 Å². The van der Waals surface area contributed by atoms with Crippen LogP contribution < -0.4 is 5.32 Å². The van der Waals surface area contributed by atoms with Gasteiger partial charge in [-0.25, -0.2) is 0 Å². The highest BCUT2D eigenvalue weighted by molar-refractivity contribution is 5.70. The lowest BCUT2D eigenvalue weighted by molar-refractivity contribution is -0.141. The van der Waals surface area contributed by atoms with E-state index in [-0.39, 0.29) is 12.0 Å². The van der Waals surface area contributed by atoms with Crippen LogP contribution in [0.2, 0.25) is 0 Å². The fourth-order valence-corrected chi connectivity index (χ4v) is 1.38. The van der Waals surface area contributed by atoms with E-state index in [0.717, 1.165) is 12.8 Å². The maximum Gasteiger partial charge on any atom is 0.307 e. The topological polar surface area (TPSA) is 49.3 Å². The van der Waals surface area contributed by atoms with Crippen LogP contribution in [0.3, 0.4) is 0 Å². The van der Waals surface area contributed by atoms with Gasteiger partial charge in [0.25, 0.3) is 0 Å². The Kier molecular flexibility index (Phi) is 7.64. The fraction of sp³-hybridized carbons (Fsp3) is 0.583. The molecule has 0 aromatic heterocycles. The Hall–Kier alpha value is -1.09. The van der Waals surface area contributed by atoms with E-state index in [2.05, 4.69) is 18.5 Å². The molecule has 0 aromatic rings. The summed E-state index contributed by atoms with van der Waals surface area (Å²) >= 11 is 0. The molecule has 0 aliphatic heterocycles. The third kappa shape index (κ3) is 6.07. The zero-order valence-corrected chi connectivity index (χ0v) is 9.41. The summed E-state index contributed by atoms with van der Waals surface area (Å²) in [5.74, 6) is -1.04. The van der Waals surface area contributed by atoms with E-state index < -0.39 is 5.97 Å². The van der Waals surface area contributed by atoms with E-state index in [1.807, 2.05) is 19.1 Å². The lowest BCUT2D eigenvalue weighted by atomic mass is 10.1. The monoisotopic (exact) mass is 211 g/mol. The van der Waals surface area contributed by atoms with Crippen LogP contribution in [0.25, 0.3) is 0 Å². The first-order valence-electron chi connectivity index (χ1n) is 5.33. The summed E-state index contributed by atoms with van der Waals surface area (Å²) in [5, 5.41) is 12.1. The largest absolute Gasteiger partial charge is 0.481 e. The minimum atomic E-state index is -0.735. The van der Waals surface area contributed by atoms with E-state index in [1.165, 1.54) is 0 Å². The molecule has 0 aliphatic rings. The van der Waals surface area contributed by atoms with Gasteiger partial charge in [0.1, 0.15) is 0 Å². The number of carbonyl (C=O) groups is 1. The van der Waals surface area contributed by atoms with Crippen molar-refractivity contribution in [1.82, 2.24) is 5.32 Å². The Morgan fingerprint density at radius 2 is 1.93 bits per heavy atom. The van der Waals surface area contributed by atoms with Crippen molar-refractivity contribution < 1.29 is 9.90 Å². The predicted molar refractivity (Wildman–Crippen MR) is 62.8 cm³/mol. The van der Waals surface area contributed by atoms with Crippen molar-refractivity contribution in [3.8, 4) is 0 Å². The third-order valence-corrected chi connectivity index (χ3v) is 2.40. The van der Waals surface area contributed by atoms with Crippen LogP contribution in [0, 0.1) is 5.92 Å². The van der Waals surface area contributed by atoms with Gasteiger partial charge in [0.05, 0.1) is 5.92 Å². The first-order chi connectivity index (χ1) is 7.15. The van der Waals surface area contributed by atoms with E-state index in [1.54, 1.807) is 0 Å².